The van der Waals surface area contributed by atoms with Crippen LogP contribution in [0.1, 0.15) is 10.4 Å². The molecule has 1 aromatic carbocycles. The number of aromatic amines is 1. The predicted octanol–water partition coefficient (Wildman–Crippen LogP) is 1.98. The van der Waals surface area contributed by atoms with Crippen LogP contribution in [-0.4, -0.2) is 55.3 Å². The third kappa shape index (κ3) is 2.99. The quantitative estimate of drug-likeness (QED) is 0.878. The Bertz CT molecular complexity index is 706. The van der Waals surface area contributed by atoms with Crippen LogP contribution in [0.2, 0.25) is 0 Å². The average molecular weight is 308 g/mol. The number of carbonyl (C=O) groups excluding carboxylic acids is 1. The molecule has 0 saturated carbocycles. The Hall–Kier alpha value is -1.70. The summed E-state index contributed by atoms with van der Waals surface area (Å²) >= 11 is 4.94. The van der Waals surface area contributed by atoms with Gasteiger partial charge >= 0.3 is 0 Å². The smallest absolute Gasteiger partial charge is 0.266 e. The second-order valence-corrected chi connectivity index (χ2v) is 5.30. The number of oxazole rings is 1. The fourth-order valence-electron chi connectivity index (χ4n) is 2.45. The molecule has 0 bridgehead atoms. The van der Waals surface area contributed by atoms with Crippen molar-refractivity contribution in [3.05, 3.63) is 28.6 Å². The van der Waals surface area contributed by atoms with E-state index in [1.165, 1.54) is 0 Å². The first-order valence-electron chi connectivity index (χ1n) is 6.70. The number of nitrogens with one attached hydrogen (secondary N) is 1. The molecule has 1 N–H and O–H groups in total. The maximum Gasteiger partial charge on any atom is 0.266 e. The lowest BCUT2D eigenvalue weighted by molar-refractivity contribution is -0.0531. The fraction of sp³-hybridized carbons (Fsp3) is 0.429. The van der Waals surface area contributed by atoms with Gasteiger partial charge in [0.1, 0.15) is 0 Å². The average Bonchev–Trinajstić information content (AvgIpc) is 2.86. The minimum Gasteiger partial charge on any atom is -0.429 e. The van der Waals surface area contributed by atoms with Crippen LogP contribution in [0.15, 0.2) is 22.6 Å². The number of rotatable bonds is 3. The lowest BCUT2D eigenvalue weighted by atomic mass is 10.1. The summed E-state index contributed by atoms with van der Waals surface area (Å²) in [5, 5.41) is 0. The molecule has 1 amide bonds. The molecule has 7 heteroatoms. The lowest BCUT2D eigenvalue weighted by Crippen LogP contribution is -2.47. The summed E-state index contributed by atoms with van der Waals surface area (Å²) in [5.74, 6) is -0.0383. The summed E-state index contributed by atoms with van der Waals surface area (Å²) in [6.45, 7) is 2.11. The predicted molar refractivity (Wildman–Crippen MR) is 78.9 cm³/mol. The molecule has 1 atom stereocenters. The van der Waals surface area contributed by atoms with Gasteiger partial charge in [-0.1, -0.05) is 0 Å². The van der Waals surface area contributed by atoms with E-state index in [1.807, 2.05) is 0 Å². The van der Waals surface area contributed by atoms with Gasteiger partial charge in [0.25, 0.3) is 10.7 Å². The van der Waals surface area contributed by atoms with Crippen molar-refractivity contribution in [3.63, 3.8) is 0 Å². The van der Waals surface area contributed by atoms with Gasteiger partial charge in [0.15, 0.2) is 5.58 Å². The fourth-order valence-corrected chi connectivity index (χ4v) is 2.65. The van der Waals surface area contributed by atoms with E-state index in [9.17, 15) is 4.79 Å². The van der Waals surface area contributed by atoms with Gasteiger partial charge in [-0.05, 0) is 30.4 Å². The van der Waals surface area contributed by atoms with E-state index in [0.717, 1.165) is 5.52 Å². The minimum atomic E-state index is -0.0763. The molecular weight excluding hydrogens is 292 g/mol. The van der Waals surface area contributed by atoms with Crippen LogP contribution in [0.25, 0.3) is 11.1 Å². The molecule has 6 nitrogen and oxygen atoms in total. The second-order valence-electron chi connectivity index (χ2n) is 4.92. The molecule has 1 aromatic heterocycles. The molecule has 0 aliphatic carbocycles. The molecule has 112 valence electrons. The van der Waals surface area contributed by atoms with E-state index < -0.39 is 0 Å². The number of nitrogens with zero attached hydrogens (tertiary/aromatic N) is 1. The Labute approximate surface area is 126 Å². The van der Waals surface area contributed by atoms with Crippen LogP contribution >= 0.6 is 12.2 Å². The molecule has 0 spiro atoms. The number of hydrogen-bond acceptors (Lipinski definition) is 5. The summed E-state index contributed by atoms with van der Waals surface area (Å²) in [6, 6.07) is 5.28. The van der Waals surface area contributed by atoms with Crippen LogP contribution in [0.3, 0.4) is 0 Å². The Morgan fingerprint density at radius 2 is 2.43 bits per heavy atom. The molecule has 2 heterocycles. The zero-order valence-corrected chi connectivity index (χ0v) is 12.4. The molecule has 3 rings (SSSR count). The number of H-pyrrole nitrogens is 1. The van der Waals surface area contributed by atoms with E-state index in [0.29, 0.717) is 42.3 Å². The first kappa shape index (κ1) is 14.2. The summed E-state index contributed by atoms with van der Waals surface area (Å²) in [4.78, 5) is 17.5. The standard InChI is InChI=1S/C14H16N2O4S/c1-18-8-10-7-16(4-5-19-10)13(17)9-2-3-11-12(6-9)20-14(21)15-11/h2-3,6,10H,4-5,7-8H2,1H3,(H,15,21)/t10-/m1/s1. The van der Waals surface area contributed by atoms with Gasteiger partial charge in [-0.25, -0.2) is 0 Å². The van der Waals surface area contributed by atoms with Gasteiger partial charge in [-0.2, -0.15) is 0 Å². The van der Waals surface area contributed by atoms with Crippen molar-refractivity contribution in [1.82, 2.24) is 9.88 Å². The number of aromatic nitrogens is 1. The summed E-state index contributed by atoms with van der Waals surface area (Å²) in [7, 11) is 1.62. The normalized spacial score (nSPS) is 19.1. The Balaban J connectivity index is 1.80. The highest BCUT2D eigenvalue weighted by Crippen LogP contribution is 2.18. The van der Waals surface area contributed by atoms with Crippen LogP contribution in [-0.2, 0) is 9.47 Å². The van der Waals surface area contributed by atoms with Gasteiger partial charge < -0.3 is 23.8 Å². The number of hydrogen-bond donors (Lipinski definition) is 1. The number of ether oxygens (including phenoxy) is 2. The molecule has 2 aromatic rings. The van der Waals surface area contributed by atoms with Crippen molar-refractivity contribution in [1.29, 1.82) is 0 Å². The molecule has 1 saturated heterocycles. The van der Waals surface area contributed by atoms with Gasteiger partial charge in [-0.15, -0.1) is 0 Å². The van der Waals surface area contributed by atoms with Crippen molar-refractivity contribution in [2.75, 3.05) is 33.4 Å². The number of fused-ring (bicyclic) bond motifs is 1. The van der Waals surface area contributed by atoms with E-state index in [-0.39, 0.29) is 12.0 Å². The molecule has 21 heavy (non-hydrogen) atoms. The maximum atomic E-state index is 12.6. The number of carbonyl (C=O) groups is 1. The maximum absolute atomic E-state index is 12.6. The molecular formula is C14H16N2O4S. The van der Waals surface area contributed by atoms with Gasteiger partial charge in [0.2, 0.25) is 0 Å². The molecule has 0 unspecified atom stereocenters. The van der Waals surface area contributed by atoms with Gasteiger partial charge in [0.05, 0.1) is 24.8 Å². The van der Waals surface area contributed by atoms with Crippen LogP contribution < -0.4 is 0 Å². The number of methoxy groups -OCH3 is 1. The van der Waals surface area contributed by atoms with Crippen molar-refractivity contribution in [3.8, 4) is 0 Å². The highest BCUT2D eigenvalue weighted by Gasteiger charge is 2.25. The monoisotopic (exact) mass is 308 g/mol. The number of morpholine rings is 1. The highest BCUT2D eigenvalue weighted by atomic mass is 32.1. The summed E-state index contributed by atoms with van der Waals surface area (Å²) in [6.07, 6.45) is -0.0763. The van der Waals surface area contributed by atoms with E-state index >= 15 is 0 Å². The Morgan fingerprint density at radius 1 is 1.57 bits per heavy atom. The molecule has 1 fully saturated rings. The van der Waals surface area contributed by atoms with Crippen LogP contribution in [0.4, 0.5) is 0 Å². The number of benzene rings is 1. The van der Waals surface area contributed by atoms with E-state index in [1.54, 1.807) is 30.2 Å². The Morgan fingerprint density at radius 3 is 3.24 bits per heavy atom. The number of amides is 1. The highest BCUT2D eigenvalue weighted by molar-refractivity contribution is 7.71. The summed E-state index contributed by atoms with van der Waals surface area (Å²) < 4.78 is 16.0. The molecule has 1 aliphatic heterocycles. The third-order valence-corrected chi connectivity index (χ3v) is 3.63. The minimum absolute atomic E-state index is 0.0383. The third-order valence-electron chi connectivity index (χ3n) is 3.45. The van der Waals surface area contributed by atoms with Crippen molar-refractivity contribution >= 4 is 29.2 Å². The zero-order chi connectivity index (χ0) is 14.8. The lowest BCUT2D eigenvalue weighted by Gasteiger charge is -2.32. The zero-order valence-electron chi connectivity index (χ0n) is 11.6. The van der Waals surface area contributed by atoms with E-state index in [2.05, 4.69) is 4.98 Å². The van der Waals surface area contributed by atoms with Gasteiger partial charge in [0, 0.05) is 25.8 Å². The van der Waals surface area contributed by atoms with Gasteiger partial charge in [-0.3, -0.25) is 4.79 Å². The Kier molecular flexibility index (Phi) is 4.05. The van der Waals surface area contributed by atoms with E-state index in [4.69, 9.17) is 26.1 Å². The SMILES string of the molecule is COC[C@H]1CN(C(=O)c2ccc3[nH]c(=S)oc3c2)CCO1. The first-order chi connectivity index (χ1) is 10.2. The topological polar surface area (TPSA) is 67.7 Å². The summed E-state index contributed by atoms with van der Waals surface area (Å²) in [5.41, 5.74) is 1.96. The largest absolute Gasteiger partial charge is 0.429 e. The molecule has 1 aliphatic rings. The van der Waals surface area contributed by atoms with Crippen molar-refractivity contribution < 1.29 is 18.7 Å². The molecule has 0 radical (unpaired) electrons. The van der Waals surface area contributed by atoms with Crippen LogP contribution in [0, 0.1) is 4.84 Å². The second kappa shape index (κ2) is 5.97. The first-order valence-corrected chi connectivity index (χ1v) is 7.11. The van der Waals surface area contributed by atoms with Crippen molar-refractivity contribution in [2.45, 2.75) is 6.10 Å². The van der Waals surface area contributed by atoms with Crippen LogP contribution in [0.5, 0.6) is 0 Å². The van der Waals surface area contributed by atoms with Crippen molar-refractivity contribution in [2.24, 2.45) is 0 Å².